The third-order valence-corrected chi connectivity index (χ3v) is 2.45. The second kappa shape index (κ2) is 5.68. The van der Waals surface area contributed by atoms with E-state index >= 15 is 0 Å². The van der Waals surface area contributed by atoms with Crippen molar-refractivity contribution in [2.45, 2.75) is 19.9 Å². The number of rotatable bonds is 5. The van der Waals surface area contributed by atoms with E-state index in [0.29, 0.717) is 11.3 Å². The van der Waals surface area contributed by atoms with Crippen molar-refractivity contribution in [3.63, 3.8) is 0 Å². The molecule has 1 aromatic carbocycles. The molecule has 1 atom stereocenters. The van der Waals surface area contributed by atoms with Crippen LogP contribution in [0.3, 0.4) is 0 Å². The molecule has 94 valence electrons. The molecule has 4 heteroatoms. The van der Waals surface area contributed by atoms with E-state index in [4.69, 9.17) is 5.11 Å². The molecule has 2 N–H and O–H groups in total. The SMILES string of the molecule is Cc1ccc(C(=O)O)c(NC(C)CN(C)C)c1. The maximum Gasteiger partial charge on any atom is 0.337 e. The summed E-state index contributed by atoms with van der Waals surface area (Å²) in [6.07, 6.45) is 0. The molecule has 0 radical (unpaired) electrons. The normalized spacial score (nSPS) is 12.5. The van der Waals surface area contributed by atoms with Crippen molar-refractivity contribution in [2.24, 2.45) is 0 Å². The summed E-state index contributed by atoms with van der Waals surface area (Å²) >= 11 is 0. The number of anilines is 1. The standard InChI is InChI=1S/C13H20N2O2/c1-9-5-6-11(13(16)17)12(7-9)14-10(2)8-15(3)4/h5-7,10,14H,8H2,1-4H3,(H,16,17). The number of carboxylic acids is 1. The van der Waals surface area contributed by atoms with Crippen molar-refractivity contribution in [3.05, 3.63) is 29.3 Å². The van der Waals surface area contributed by atoms with Gasteiger partial charge in [-0.3, -0.25) is 0 Å². The number of nitrogens with zero attached hydrogens (tertiary/aromatic N) is 1. The molecule has 0 saturated heterocycles. The van der Waals surface area contributed by atoms with E-state index in [1.165, 1.54) is 0 Å². The summed E-state index contributed by atoms with van der Waals surface area (Å²) in [5.74, 6) is -0.899. The van der Waals surface area contributed by atoms with Crippen LogP contribution in [0.5, 0.6) is 0 Å². The number of hydrogen-bond acceptors (Lipinski definition) is 3. The molecule has 0 bridgehead atoms. The van der Waals surface area contributed by atoms with Crippen LogP contribution in [-0.4, -0.2) is 42.7 Å². The van der Waals surface area contributed by atoms with E-state index in [1.807, 2.05) is 40.1 Å². The minimum atomic E-state index is -0.899. The van der Waals surface area contributed by atoms with Crippen molar-refractivity contribution in [1.29, 1.82) is 0 Å². The highest BCUT2D eigenvalue weighted by Crippen LogP contribution is 2.18. The number of aromatic carboxylic acids is 1. The molecule has 0 fully saturated rings. The highest BCUT2D eigenvalue weighted by molar-refractivity contribution is 5.94. The van der Waals surface area contributed by atoms with Crippen LogP contribution in [0.25, 0.3) is 0 Å². The number of aryl methyl sites for hydroxylation is 1. The molecule has 0 spiro atoms. The zero-order chi connectivity index (χ0) is 13.0. The van der Waals surface area contributed by atoms with Crippen molar-refractivity contribution < 1.29 is 9.90 Å². The first-order valence-corrected chi connectivity index (χ1v) is 5.65. The van der Waals surface area contributed by atoms with Gasteiger partial charge in [-0.05, 0) is 45.6 Å². The maximum atomic E-state index is 11.1. The van der Waals surface area contributed by atoms with E-state index in [0.717, 1.165) is 12.1 Å². The maximum absolute atomic E-state index is 11.1. The van der Waals surface area contributed by atoms with Crippen LogP contribution in [0.4, 0.5) is 5.69 Å². The van der Waals surface area contributed by atoms with Crippen LogP contribution >= 0.6 is 0 Å². The number of benzene rings is 1. The van der Waals surface area contributed by atoms with Gasteiger partial charge < -0.3 is 15.3 Å². The fourth-order valence-electron chi connectivity index (χ4n) is 1.82. The monoisotopic (exact) mass is 236 g/mol. The number of carboxylic acid groups (broad SMARTS) is 1. The van der Waals surface area contributed by atoms with Gasteiger partial charge >= 0.3 is 5.97 Å². The topological polar surface area (TPSA) is 52.6 Å². The molecule has 17 heavy (non-hydrogen) atoms. The lowest BCUT2D eigenvalue weighted by Crippen LogP contribution is -2.30. The van der Waals surface area contributed by atoms with Crippen molar-refractivity contribution in [3.8, 4) is 0 Å². The third kappa shape index (κ3) is 4.07. The average Bonchev–Trinajstić information content (AvgIpc) is 2.15. The first kappa shape index (κ1) is 13.5. The quantitative estimate of drug-likeness (QED) is 0.821. The molecule has 1 rings (SSSR count). The Morgan fingerprint density at radius 1 is 1.47 bits per heavy atom. The van der Waals surface area contributed by atoms with Gasteiger partial charge in [-0.2, -0.15) is 0 Å². The average molecular weight is 236 g/mol. The predicted octanol–water partition coefficient (Wildman–Crippen LogP) is 2.06. The highest BCUT2D eigenvalue weighted by Gasteiger charge is 2.12. The van der Waals surface area contributed by atoms with Crippen molar-refractivity contribution in [2.75, 3.05) is 26.0 Å². The Bertz CT molecular complexity index is 402. The van der Waals surface area contributed by atoms with Gasteiger partial charge in [-0.25, -0.2) is 4.79 Å². The molecule has 1 unspecified atom stereocenters. The summed E-state index contributed by atoms with van der Waals surface area (Å²) in [5.41, 5.74) is 2.06. The summed E-state index contributed by atoms with van der Waals surface area (Å²) in [6.45, 7) is 4.84. The second-order valence-corrected chi connectivity index (χ2v) is 4.66. The minimum absolute atomic E-state index is 0.199. The van der Waals surface area contributed by atoms with E-state index in [2.05, 4.69) is 10.2 Å². The molecular formula is C13H20N2O2. The lowest BCUT2D eigenvalue weighted by Gasteiger charge is -2.20. The van der Waals surface area contributed by atoms with E-state index in [-0.39, 0.29) is 6.04 Å². The fraction of sp³-hybridized carbons (Fsp3) is 0.462. The Balaban J connectivity index is 2.88. The van der Waals surface area contributed by atoms with Gasteiger partial charge in [0.05, 0.1) is 5.56 Å². The van der Waals surface area contributed by atoms with Gasteiger partial charge in [0.25, 0.3) is 0 Å². The van der Waals surface area contributed by atoms with Crippen LogP contribution in [0.15, 0.2) is 18.2 Å². The Kier molecular flexibility index (Phi) is 4.52. The number of hydrogen-bond donors (Lipinski definition) is 2. The van der Waals surface area contributed by atoms with Crippen LogP contribution in [-0.2, 0) is 0 Å². The van der Waals surface area contributed by atoms with Crippen molar-refractivity contribution in [1.82, 2.24) is 4.90 Å². The highest BCUT2D eigenvalue weighted by atomic mass is 16.4. The Morgan fingerprint density at radius 2 is 2.12 bits per heavy atom. The van der Waals surface area contributed by atoms with Gasteiger partial charge in [-0.15, -0.1) is 0 Å². The van der Waals surface area contributed by atoms with Gasteiger partial charge in [0.15, 0.2) is 0 Å². The Morgan fingerprint density at radius 3 is 2.65 bits per heavy atom. The lowest BCUT2D eigenvalue weighted by atomic mass is 10.1. The van der Waals surface area contributed by atoms with E-state index in [9.17, 15) is 4.79 Å². The molecule has 0 aromatic heterocycles. The molecule has 1 aromatic rings. The summed E-state index contributed by atoms with van der Waals surface area (Å²) in [5, 5.41) is 12.3. The molecule has 4 nitrogen and oxygen atoms in total. The number of carbonyl (C=O) groups is 1. The molecular weight excluding hydrogens is 216 g/mol. The largest absolute Gasteiger partial charge is 0.478 e. The predicted molar refractivity (Wildman–Crippen MR) is 69.8 cm³/mol. The first-order chi connectivity index (χ1) is 7.90. The molecule has 0 amide bonds. The van der Waals surface area contributed by atoms with Gasteiger partial charge in [0.1, 0.15) is 0 Å². The summed E-state index contributed by atoms with van der Waals surface area (Å²) < 4.78 is 0. The third-order valence-electron chi connectivity index (χ3n) is 2.45. The van der Waals surface area contributed by atoms with Crippen LogP contribution in [0, 0.1) is 6.92 Å². The number of nitrogens with one attached hydrogen (secondary N) is 1. The zero-order valence-electron chi connectivity index (χ0n) is 10.8. The Hall–Kier alpha value is -1.55. The molecule has 0 aliphatic carbocycles. The second-order valence-electron chi connectivity index (χ2n) is 4.66. The van der Waals surface area contributed by atoms with Gasteiger partial charge in [-0.1, -0.05) is 6.07 Å². The first-order valence-electron chi connectivity index (χ1n) is 5.65. The summed E-state index contributed by atoms with van der Waals surface area (Å²) in [4.78, 5) is 13.1. The van der Waals surface area contributed by atoms with Gasteiger partial charge in [0.2, 0.25) is 0 Å². The fourth-order valence-corrected chi connectivity index (χ4v) is 1.82. The minimum Gasteiger partial charge on any atom is -0.478 e. The van der Waals surface area contributed by atoms with Crippen LogP contribution in [0.2, 0.25) is 0 Å². The van der Waals surface area contributed by atoms with E-state index < -0.39 is 5.97 Å². The van der Waals surface area contributed by atoms with Crippen LogP contribution < -0.4 is 5.32 Å². The molecule has 0 saturated carbocycles. The number of likely N-dealkylation sites (N-methyl/N-ethyl adjacent to an activating group) is 1. The van der Waals surface area contributed by atoms with E-state index in [1.54, 1.807) is 6.07 Å². The molecule has 0 aliphatic rings. The summed E-state index contributed by atoms with van der Waals surface area (Å²) in [7, 11) is 3.99. The lowest BCUT2D eigenvalue weighted by molar-refractivity contribution is 0.0698. The van der Waals surface area contributed by atoms with Crippen LogP contribution in [0.1, 0.15) is 22.8 Å². The molecule has 0 heterocycles. The zero-order valence-corrected chi connectivity index (χ0v) is 10.8. The Labute approximate surface area is 102 Å². The molecule has 0 aliphatic heterocycles. The summed E-state index contributed by atoms with van der Waals surface area (Å²) in [6, 6.07) is 5.52. The van der Waals surface area contributed by atoms with Gasteiger partial charge in [0, 0.05) is 18.3 Å². The van der Waals surface area contributed by atoms with Crippen molar-refractivity contribution >= 4 is 11.7 Å². The smallest absolute Gasteiger partial charge is 0.337 e.